The van der Waals surface area contributed by atoms with Crippen LogP contribution in [0.1, 0.15) is 28.9 Å². The molecule has 0 saturated carbocycles. The molecule has 0 spiro atoms. The van der Waals surface area contributed by atoms with E-state index in [0.717, 1.165) is 5.56 Å². The van der Waals surface area contributed by atoms with E-state index in [-0.39, 0.29) is 18.7 Å². The maximum Gasteiger partial charge on any atom is 0.328 e. The Morgan fingerprint density at radius 3 is 2.43 bits per heavy atom. The summed E-state index contributed by atoms with van der Waals surface area (Å²) in [5, 5.41) is 0.612. The first-order chi connectivity index (χ1) is 14.6. The minimum atomic E-state index is -0.523. The maximum absolute atomic E-state index is 12.9. The fourth-order valence-corrected chi connectivity index (χ4v) is 3.88. The first-order valence-corrected chi connectivity index (χ1v) is 10.3. The molecule has 158 valence electrons. The third-order valence-electron chi connectivity index (χ3n) is 5.28. The van der Waals surface area contributed by atoms with Gasteiger partial charge >= 0.3 is 5.97 Å². The van der Waals surface area contributed by atoms with Crippen molar-refractivity contribution in [2.75, 3.05) is 39.6 Å². The van der Waals surface area contributed by atoms with Crippen molar-refractivity contribution in [2.24, 2.45) is 0 Å². The van der Waals surface area contributed by atoms with Crippen molar-refractivity contribution in [3.8, 4) is 11.5 Å². The molecule has 4 rings (SSSR count). The lowest BCUT2D eigenvalue weighted by Crippen LogP contribution is -2.51. The van der Waals surface area contributed by atoms with Gasteiger partial charge in [0.15, 0.2) is 11.5 Å². The molecule has 0 aromatic heterocycles. The van der Waals surface area contributed by atoms with Crippen molar-refractivity contribution in [1.29, 1.82) is 0 Å². The normalized spacial score (nSPS) is 16.9. The van der Waals surface area contributed by atoms with Gasteiger partial charge in [0.25, 0.3) is 5.91 Å². The summed E-state index contributed by atoms with van der Waals surface area (Å²) in [6.45, 7) is 4.41. The van der Waals surface area contributed by atoms with Crippen LogP contribution >= 0.6 is 11.6 Å². The Balaban J connectivity index is 1.45. The molecule has 1 amide bonds. The molecule has 1 atom stereocenters. The summed E-state index contributed by atoms with van der Waals surface area (Å²) in [5.41, 5.74) is 1.39. The van der Waals surface area contributed by atoms with E-state index in [2.05, 4.69) is 0 Å². The minimum absolute atomic E-state index is 0.0628. The van der Waals surface area contributed by atoms with Crippen LogP contribution in [0, 0.1) is 0 Å². The number of rotatable bonds is 5. The zero-order valence-corrected chi connectivity index (χ0v) is 17.4. The predicted molar refractivity (Wildman–Crippen MR) is 111 cm³/mol. The SMILES string of the molecule is CCOC(=O)[C@H](c1ccc(Cl)cc1)N1CCN(C(=O)c2ccc3c(c2)OCO3)CC1. The molecule has 2 aliphatic rings. The summed E-state index contributed by atoms with van der Waals surface area (Å²) in [6, 6.07) is 11.9. The van der Waals surface area contributed by atoms with Gasteiger partial charge in [-0.2, -0.15) is 0 Å². The van der Waals surface area contributed by atoms with Crippen molar-refractivity contribution in [3.05, 3.63) is 58.6 Å². The topological polar surface area (TPSA) is 68.3 Å². The summed E-state index contributed by atoms with van der Waals surface area (Å²) in [7, 11) is 0. The van der Waals surface area contributed by atoms with Gasteiger partial charge < -0.3 is 19.1 Å². The van der Waals surface area contributed by atoms with Crippen LogP contribution in [-0.4, -0.2) is 61.3 Å². The number of hydrogen-bond donors (Lipinski definition) is 0. The van der Waals surface area contributed by atoms with Crippen LogP contribution < -0.4 is 9.47 Å². The molecule has 0 bridgehead atoms. The first-order valence-electron chi connectivity index (χ1n) is 9.92. The van der Waals surface area contributed by atoms with Gasteiger partial charge in [-0.25, -0.2) is 4.79 Å². The summed E-state index contributed by atoms with van der Waals surface area (Å²) in [6.07, 6.45) is 0. The van der Waals surface area contributed by atoms with E-state index in [1.165, 1.54) is 0 Å². The molecule has 2 heterocycles. The lowest BCUT2D eigenvalue weighted by Gasteiger charge is -2.38. The number of piperazine rings is 1. The van der Waals surface area contributed by atoms with Crippen LogP contribution in [0.25, 0.3) is 0 Å². The van der Waals surface area contributed by atoms with Crippen molar-refractivity contribution in [2.45, 2.75) is 13.0 Å². The summed E-state index contributed by atoms with van der Waals surface area (Å²) in [4.78, 5) is 29.4. The number of fused-ring (bicyclic) bond motifs is 1. The molecule has 7 nitrogen and oxygen atoms in total. The summed E-state index contributed by atoms with van der Waals surface area (Å²) >= 11 is 6.00. The van der Waals surface area contributed by atoms with Crippen molar-refractivity contribution in [3.63, 3.8) is 0 Å². The molecule has 2 aliphatic heterocycles. The van der Waals surface area contributed by atoms with Crippen LogP contribution in [0.2, 0.25) is 5.02 Å². The number of halogens is 1. The molecule has 1 saturated heterocycles. The van der Waals surface area contributed by atoms with Crippen LogP contribution in [0.5, 0.6) is 11.5 Å². The molecule has 0 unspecified atom stereocenters. The van der Waals surface area contributed by atoms with Crippen molar-refractivity contribution < 1.29 is 23.8 Å². The lowest BCUT2D eigenvalue weighted by atomic mass is 10.0. The smallest absolute Gasteiger partial charge is 0.328 e. The highest BCUT2D eigenvalue weighted by Crippen LogP contribution is 2.33. The number of carbonyl (C=O) groups is 2. The van der Waals surface area contributed by atoms with E-state index in [1.54, 1.807) is 42.2 Å². The van der Waals surface area contributed by atoms with Crippen LogP contribution in [-0.2, 0) is 9.53 Å². The average Bonchev–Trinajstić information content (AvgIpc) is 3.23. The Hall–Kier alpha value is -2.77. The molecule has 0 N–H and O–H groups in total. The summed E-state index contributed by atoms with van der Waals surface area (Å²) < 4.78 is 16.0. The molecule has 30 heavy (non-hydrogen) atoms. The number of carbonyl (C=O) groups excluding carboxylic acids is 2. The van der Waals surface area contributed by atoms with Gasteiger partial charge in [0.2, 0.25) is 6.79 Å². The van der Waals surface area contributed by atoms with E-state index >= 15 is 0 Å². The highest BCUT2D eigenvalue weighted by Gasteiger charge is 2.33. The van der Waals surface area contributed by atoms with Gasteiger partial charge in [0.1, 0.15) is 6.04 Å². The second-order valence-electron chi connectivity index (χ2n) is 7.10. The first kappa shape index (κ1) is 20.5. The van der Waals surface area contributed by atoms with Gasteiger partial charge in [0, 0.05) is 36.8 Å². The average molecular weight is 431 g/mol. The second-order valence-corrected chi connectivity index (χ2v) is 7.54. The molecule has 0 aliphatic carbocycles. The molecule has 1 fully saturated rings. The van der Waals surface area contributed by atoms with E-state index < -0.39 is 6.04 Å². The number of hydrogen-bond acceptors (Lipinski definition) is 6. The van der Waals surface area contributed by atoms with Crippen molar-refractivity contribution in [1.82, 2.24) is 9.80 Å². The van der Waals surface area contributed by atoms with E-state index in [1.807, 2.05) is 17.0 Å². The molecular weight excluding hydrogens is 408 g/mol. The van der Waals surface area contributed by atoms with E-state index in [0.29, 0.717) is 54.9 Å². The molecular formula is C22H23ClN2O5. The van der Waals surface area contributed by atoms with Crippen molar-refractivity contribution >= 4 is 23.5 Å². The van der Waals surface area contributed by atoms with Crippen LogP contribution in [0.4, 0.5) is 0 Å². The summed E-state index contributed by atoms with van der Waals surface area (Å²) in [5.74, 6) is 0.878. The Morgan fingerprint density at radius 1 is 1.03 bits per heavy atom. The second kappa shape index (κ2) is 8.93. The van der Waals surface area contributed by atoms with Gasteiger partial charge in [-0.3, -0.25) is 9.69 Å². The zero-order chi connectivity index (χ0) is 21.1. The van der Waals surface area contributed by atoms with E-state index in [9.17, 15) is 9.59 Å². The number of nitrogens with zero attached hydrogens (tertiary/aromatic N) is 2. The van der Waals surface area contributed by atoms with Crippen LogP contribution in [0.15, 0.2) is 42.5 Å². The highest BCUT2D eigenvalue weighted by molar-refractivity contribution is 6.30. The predicted octanol–water partition coefficient (Wildman–Crippen LogP) is 3.13. The third kappa shape index (κ3) is 4.22. The molecule has 2 aromatic carbocycles. The monoisotopic (exact) mass is 430 g/mol. The maximum atomic E-state index is 12.9. The van der Waals surface area contributed by atoms with Gasteiger partial charge in [-0.15, -0.1) is 0 Å². The highest BCUT2D eigenvalue weighted by atomic mass is 35.5. The quantitative estimate of drug-likeness (QED) is 0.679. The third-order valence-corrected chi connectivity index (χ3v) is 5.53. The Bertz CT molecular complexity index is 926. The minimum Gasteiger partial charge on any atom is -0.465 e. The number of esters is 1. The fraction of sp³-hybridized carbons (Fsp3) is 0.364. The molecule has 2 aromatic rings. The van der Waals surface area contributed by atoms with Gasteiger partial charge in [0.05, 0.1) is 6.61 Å². The van der Waals surface area contributed by atoms with Gasteiger partial charge in [-0.05, 0) is 42.8 Å². The van der Waals surface area contributed by atoms with Gasteiger partial charge in [-0.1, -0.05) is 23.7 Å². The molecule has 8 heteroatoms. The Kier molecular flexibility index (Phi) is 6.11. The largest absolute Gasteiger partial charge is 0.465 e. The number of benzene rings is 2. The zero-order valence-electron chi connectivity index (χ0n) is 16.7. The number of amides is 1. The Morgan fingerprint density at radius 2 is 1.73 bits per heavy atom. The standard InChI is InChI=1S/C22H23ClN2O5/c1-2-28-22(27)20(15-3-6-17(23)7-4-15)24-9-11-25(12-10-24)21(26)16-5-8-18-19(13-16)30-14-29-18/h3-8,13,20H,2,9-12,14H2,1H3/t20-/m0/s1. The Labute approximate surface area is 180 Å². The molecule has 0 radical (unpaired) electrons. The van der Waals surface area contributed by atoms with E-state index in [4.69, 9.17) is 25.8 Å². The lowest BCUT2D eigenvalue weighted by molar-refractivity contribution is -0.150. The number of ether oxygens (including phenoxy) is 3. The fourth-order valence-electron chi connectivity index (χ4n) is 3.76. The van der Waals surface area contributed by atoms with Crippen LogP contribution in [0.3, 0.4) is 0 Å².